The third-order valence-corrected chi connectivity index (χ3v) is 3.77. The third-order valence-electron chi connectivity index (χ3n) is 3.77. The van der Waals surface area contributed by atoms with Crippen molar-refractivity contribution in [3.05, 3.63) is 79.9 Å². The maximum atomic E-state index is 11.2. The lowest BCUT2D eigenvalue weighted by molar-refractivity contribution is -0.393. The van der Waals surface area contributed by atoms with Gasteiger partial charge in [0.25, 0.3) is 5.69 Å². The molecule has 140 valence electrons. The summed E-state index contributed by atoms with van der Waals surface area (Å²) in [6.45, 7) is 2.09. The predicted molar refractivity (Wildman–Crippen MR) is 106 cm³/mol. The molecule has 0 aliphatic carbocycles. The van der Waals surface area contributed by atoms with E-state index in [0.29, 0.717) is 0 Å². The molecule has 0 saturated carbocycles. The second-order valence-electron chi connectivity index (χ2n) is 5.82. The van der Waals surface area contributed by atoms with Gasteiger partial charge in [-0.1, -0.05) is 49.8 Å². The molecule has 0 aromatic heterocycles. The van der Waals surface area contributed by atoms with Gasteiger partial charge in [0.2, 0.25) is 0 Å². The molecule has 0 amide bonds. The average Bonchev–Trinajstić information content (AvgIpc) is 2.66. The van der Waals surface area contributed by atoms with Crippen LogP contribution < -0.4 is 5.43 Å². The fraction of sp³-hybridized carbons (Fsp3) is 0.211. The summed E-state index contributed by atoms with van der Waals surface area (Å²) in [6.07, 6.45) is 6.46. The van der Waals surface area contributed by atoms with Gasteiger partial charge < -0.3 is 0 Å². The Morgan fingerprint density at radius 1 is 1.11 bits per heavy atom. The SMILES string of the molecule is CCCCC(/C=N/Nc1ccc([N+](=O)[O-])cc1[N+](=O)[O-])=C\c1ccccc1. The Morgan fingerprint density at radius 3 is 2.48 bits per heavy atom. The van der Waals surface area contributed by atoms with Crippen molar-refractivity contribution < 1.29 is 9.85 Å². The Kier molecular flexibility index (Phi) is 7.18. The van der Waals surface area contributed by atoms with E-state index in [0.717, 1.165) is 36.5 Å². The van der Waals surface area contributed by atoms with E-state index in [2.05, 4.69) is 17.5 Å². The van der Waals surface area contributed by atoms with Gasteiger partial charge in [-0.2, -0.15) is 5.10 Å². The van der Waals surface area contributed by atoms with Crippen molar-refractivity contribution in [2.45, 2.75) is 26.2 Å². The molecule has 0 aliphatic heterocycles. The second kappa shape index (κ2) is 9.81. The van der Waals surface area contributed by atoms with E-state index in [1.54, 1.807) is 6.21 Å². The molecule has 0 saturated heterocycles. The number of nitro groups is 2. The molecule has 8 heteroatoms. The van der Waals surface area contributed by atoms with Crippen molar-refractivity contribution in [3.63, 3.8) is 0 Å². The first-order valence-corrected chi connectivity index (χ1v) is 8.48. The van der Waals surface area contributed by atoms with E-state index in [4.69, 9.17) is 0 Å². The molecule has 2 aromatic carbocycles. The molecule has 0 heterocycles. The number of hydrazone groups is 1. The van der Waals surface area contributed by atoms with Crippen molar-refractivity contribution in [3.8, 4) is 0 Å². The number of nitro benzene ring substituents is 2. The van der Waals surface area contributed by atoms with Gasteiger partial charge in [-0.05, 0) is 30.0 Å². The third kappa shape index (κ3) is 6.03. The lowest BCUT2D eigenvalue weighted by Gasteiger charge is -2.04. The first kappa shape index (κ1) is 19.8. The van der Waals surface area contributed by atoms with Crippen LogP contribution in [-0.4, -0.2) is 16.1 Å². The van der Waals surface area contributed by atoms with Crippen molar-refractivity contribution in [1.82, 2.24) is 0 Å². The van der Waals surface area contributed by atoms with Crippen LogP contribution in [0.5, 0.6) is 0 Å². The maximum absolute atomic E-state index is 11.2. The summed E-state index contributed by atoms with van der Waals surface area (Å²) in [7, 11) is 0. The number of nitrogens with one attached hydrogen (secondary N) is 1. The maximum Gasteiger partial charge on any atom is 0.301 e. The number of benzene rings is 2. The summed E-state index contributed by atoms with van der Waals surface area (Å²) in [5.41, 5.74) is 3.98. The van der Waals surface area contributed by atoms with Crippen LogP contribution in [0, 0.1) is 20.2 Å². The van der Waals surface area contributed by atoms with Gasteiger partial charge >= 0.3 is 5.69 Å². The number of unbranched alkanes of at least 4 members (excludes halogenated alkanes) is 1. The molecular formula is C19H20N4O4. The van der Waals surface area contributed by atoms with Crippen LogP contribution in [0.2, 0.25) is 0 Å². The molecular weight excluding hydrogens is 348 g/mol. The van der Waals surface area contributed by atoms with Gasteiger partial charge in [-0.25, -0.2) is 0 Å². The highest BCUT2D eigenvalue weighted by atomic mass is 16.6. The number of hydrogen-bond acceptors (Lipinski definition) is 6. The van der Waals surface area contributed by atoms with Gasteiger partial charge in [0.05, 0.1) is 22.1 Å². The summed E-state index contributed by atoms with van der Waals surface area (Å²) in [4.78, 5) is 20.6. The van der Waals surface area contributed by atoms with Crippen LogP contribution in [-0.2, 0) is 0 Å². The normalized spacial score (nSPS) is 11.5. The van der Waals surface area contributed by atoms with Crippen LogP contribution in [0.25, 0.3) is 6.08 Å². The Balaban J connectivity index is 2.21. The Bertz CT molecular complexity index is 863. The van der Waals surface area contributed by atoms with Crippen LogP contribution in [0.3, 0.4) is 0 Å². The summed E-state index contributed by atoms with van der Waals surface area (Å²) in [5, 5.41) is 26.0. The van der Waals surface area contributed by atoms with E-state index in [-0.39, 0.29) is 11.4 Å². The van der Waals surface area contributed by atoms with Gasteiger partial charge in [0.15, 0.2) is 0 Å². The first-order valence-electron chi connectivity index (χ1n) is 8.48. The topological polar surface area (TPSA) is 111 Å². The number of anilines is 1. The monoisotopic (exact) mass is 368 g/mol. The smallest absolute Gasteiger partial charge is 0.272 e. The highest BCUT2D eigenvalue weighted by molar-refractivity contribution is 5.86. The highest BCUT2D eigenvalue weighted by Crippen LogP contribution is 2.28. The second-order valence-corrected chi connectivity index (χ2v) is 5.82. The highest BCUT2D eigenvalue weighted by Gasteiger charge is 2.19. The van der Waals surface area contributed by atoms with Gasteiger partial charge in [0.1, 0.15) is 5.69 Å². The first-order chi connectivity index (χ1) is 13.0. The Labute approximate surface area is 156 Å². The van der Waals surface area contributed by atoms with Crippen LogP contribution in [0.4, 0.5) is 17.1 Å². The van der Waals surface area contributed by atoms with Crippen LogP contribution in [0.1, 0.15) is 31.7 Å². The zero-order chi connectivity index (χ0) is 19.6. The molecule has 2 rings (SSSR count). The zero-order valence-electron chi connectivity index (χ0n) is 14.9. The number of non-ortho nitro benzene ring substituents is 1. The summed E-state index contributed by atoms with van der Waals surface area (Å²) in [6, 6.07) is 13.2. The molecule has 0 spiro atoms. The number of rotatable bonds is 9. The van der Waals surface area contributed by atoms with Crippen molar-refractivity contribution in [2.24, 2.45) is 5.10 Å². The van der Waals surface area contributed by atoms with Crippen LogP contribution >= 0.6 is 0 Å². The van der Waals surface area contributed by atoms with Crippen molar-refractivity contribution in [2.75, 3.05) is 5.43 Å². The Morgan fingerprint density at radius 2 is 1.85 bits per heavy atom. The average molecular weight is 368 g/mol. The fourth-order valence-corrected chi connectivity index (χ4v) is 2.38. The molecule has 0 bridgehead atoms. The number of allylic oxidation sites excluding steroid dienone is 1. The molecule has 1 N–H and O–H groups in total. The van der Waals surface area contributed by atoms with Gasteiger partial charge in [0, 0.05) is 6.07 Å². The van der Waals surface area contributed by atoms with Gasteiger partial charge in [-0.3, -0.25) is 25.7 Å². The molecule has 0 fully saturated rings. The molecule has 0 radical (unpaired) electrons. The van der Waals surface area contributed by atoms with E-state index in [1.165, 1.54) is 12.1 Å². The van der Waals surface area contributed by atoms with E-state index < -0.39 is 15.5 Å². The molecule has 0 unspecified atom stereocenters. The van der Waals surface area contributed by atoms with Crippen LogP contribution in [0.15, 0.2) is 59.2 Å². The molecule has 0 atom stereocenters. The minimum atomic E-state index is -0.678. The molecule has 27 heavy (non-hydrogen) atoms. The standard InChI is InChI=1S/C19H20N4O4/c1-2-3-7-16(12-15-8-5-4-6-9-15)14-20-21-18-11-10-17(22(24)25)13-19(18)23(26)27/h4-6,8-14,21H,2-3,7H2,1H3/b16-12+,20-14+. The molecule has 0 aliphatic rings. The van der Waals surface area contributed by atoms with E-state index >= 15 is 0 Å². The lowest BCUT2D eigenvalue weighted by atomic mass is 10.1. The van der Waals surface area contributed by atoms with Crippen molar-refractivity contribution in [1.29, 1.82) is 0 Å². The summed E-state index contributed by atoms with van der Waals surface area (Å²) in [5.74, 6) is 0. The van der Waals surface area contributed by atoms with Gasteiger partial charge in [-0.15, -0.1) is 0 Å². The minimum absolute atomic E-state index is 0.0939. The summed E-state index contributed by atoms with van der Waals surface area (Å²) >= 11 is 0. The zero-order valence-corrected chi connectivity index (χ0v) is 14.9. The fourth-order valence-electron chi connectivity index (χ4n) is 2.38. The predicted octanol–water partition coefficient (Wildman–Crippen LogP) is 5.17. The Hall–Kier alpha value is -3.55. The molecule has 2 aromatic rings. The molecule has 8 nitrogen and oxygen atoms in total. The van der Waals surface area contributed by atoms with E-state index in [9.17, 15) is 20.2 Å². The minimum Gasteiger partial charge on any atom is -0.272 e. The largest absolute Gasteiger partial charge is 0.301 e. The summed E-state index contributed by atoms with van der Waals surface area (Å²) < 4.78 is 0. The number of nitrogens with zero attached hydrogens (tertiary/aromatic N) is 3. The van der Waals surface area contributed by atoms with E-state index in [1.807, 2.05) is 36.4 Å². The quantitative estimate of drug-likeness (QED) is 0.373. The van der Waals surface area contributed by atoms with Crippen molar-refractivity contribution >= 4 is 29.4 Å². The lowest BCUT2D eigenvalue weighted by Crippen LogP contribution is -1.99. The number of hydrogen-bond donors (Lipinski definition) is 1.